The number of ether oxygens (including phenoxy) is 1. The van der Waals surface area contributed by atoms with Crippen molar-refractivity contribution in [2.75, 3.05) is 7.11 Å². The monoisotopic (exact) mass is 407 g/mol. The van der Waals surface area contributed by atoms with Crippen LogP contribution in [0.3, 0.4) is 0 Å². The minimum absolute atomic E-state index is 0.130. The molecule has 0 bridgehead atoms. The summed E-state index contributed by atoms with van der Waals surface area (Å²) in [6.45, 7) is 1.92. The van der Waals surface area contributed by atoms with Gasteiger partial charge in [-0.3, -0.25) is 14.2 Å². The van der Waals surface area contributed by atoms with Crippen molar-refractivity contribution in [3.05, 3.63) is 68.9 Å². The van der Waals surface area contributed by atoms with E-state index >= 15 is 0 Å². The fraction of sp³-hybridized carbons (Fsp3) is 0.0952. The van der Waals surface area contributed by atoms with Gasteiger partial charge in [-0.15, -0.1) is 11.3 Å². The van der Waals surface area contributed by atoms with Gasteiger partial charge in [0, 0.05) is 22.0 Å². The van der Waals surface area contributed by atoms with Crippen LogP contribution in [0.4, 0.5) is 0 Å². The molecule has 0 saturated heterocycles. The molecule has 0 atom stereocenters. The van der Waals surface area contributed by atoms with Crippen LogP contribution in [0.15, 0.2) is 52.8 Å². The highest BCUT2D eigenvalue weighted by molar-refractivity contribution is 7.15. The molecule has 0 unspecified atom stereocenters. The minimum atomic E-state index is -0.130. The van der Waals surface area contributed by atoms with Gasteiger partial charge in [-0.2, -0.15) is 0 Å². The van der Waals surface area contributed by atoms with E-state index in [1.165, 1.54) is 11.3 Å². The fourth-order valence-electron chi connectivity index (χ4n) is 3.41. The number of aromatic nitrogens is 3. The normalized spacial score (nSPS) is 11.5. The van der Waals surface area contributed by atoms with Gasteiger partial charge < -0.3 is 4.74 Å². The highest BCUT2D eigenvalue weighted by Crippen LogP contribution is 2.30. The number of benzene rings is 2. The summed E-state index contributed by atoms with van der Waals surface area (Å²) < 4.78 is 6.86. The van der Waals surface area contributed by atoms with E-state index in [2.05, 4.69) is 4.98 Å². The zero-order chi connectivity index (χ0) is 19.4. The number of aryl methyl sites for hydroxylation is 1. The highest BCUT2D eigenvalue weighted by atomic mass is 35.5. The zero-order valence-corrected chi connectivity index (χ0v) is 16.6. The van der Waals surface area contributed by atoms with Gasteiger partial charge >= 0.3 is 0 Å². The first-order valence-corrected chi connectivity index (χ1v) is 9.86. The van der Waals surface area contributed by atoms with Gasteiger partial charge in [0.1, 0.15) is 5.75 Å². The molecule has 5 nitrogen and oxygen atoms in total. The number of nitrogens with zero attached hydrogens (tertiary/aromatic N) is 3. The number of hydrogen-bond donors (Lipinski definition) is 0. The zero-order valence-electron chi connectivity index (χ0n) is 15.1. The average Bonchev–Trinajstić information content (AvgIpc) is 3.15. The predicted molar refractivity (Wildman–Crippen MR) is 114 cm³/mol. The Labute approximate surface area is 168 Å². The van der Waals surface area contributed by atoms with Crippen molar-refractivity contribution < 1.29 is 4.74 Å². The Bertz CT molecular complexity index is 1440. The molecular formula is C21H14ClN3O2S. The maximum atomic E-state index is 13.3. The van der Waals surface area contributed by atoms with Gasteiger partial charge in [0.05, 0.1) is 29.2 Å². The third-order valence-corrected chi connectivity index (χ3v) is 6.17. The first kappa shape index (κ1) is 17.2. The third kappa shape index (κ3) is 2.42. The topological polar surface area (TPSA) is 56.5 Å². The maximum absolute atomic E-state index is 13.3. The second kappa shape index (κ2) is 6.29. The van der Waals surface area contributed by atoms with E-state index in [1.54, 1.807) is 17.7 Å². The highest BCUT2D eigenvalue weighted by Gasteiger charge is 2.16. The number of thiazole rings is 1. The van der Waals surface area contributed by atoms with Crippen LogP contribution in [0.1, 0.15) is 5.56 Å². The van der Waals surface area contributed by atoms with Crippen molar-refractivity contribution in [1.29, 1.82) is 0 Å². The summed E-state index contributed by atoms with van der Waals surface area (Å²) in [5.41, 5.74) is 3.89. The van der Waals surface area contributed by atoms with Gasteiger partial charge in [-0.25, -0.2) is 4.98 Å². The van der Waals surface area contributed by atoms with Crippen molar-refractivity contribution in [1.82, 2.24) is 14.4 Å². The number of hydrogen-bond acceptors (Lipinski definition) is 5. The molecule has 138 valence electrons. The van der Waals surface area contributed by atoms with Crippen LogP contribution in [-0.2, 0) is 0 Å². The molecule has 0 radical (unpaired) electrons. The first-order chi connectivity index (χ1) is 13.6. The van der Waals surface area contributed by atoms with Crippen molar-refractivity contribution >= 4 is 49.7 Å². The van der Waals surface area contributed by atoms with Crippen molar-refractivity contribution in [2.45, 2.75) is 6.92 Å². The van der Waals surface area contributed by atoms with E-state index in [1.807, 2.05) is 48.7 Å². The summed E-state index contributed by atoms with van der Waals surface area (Å²) in [5, 5.41) is 3.91. The number of methoxy groups -OCH3 is 1. The number of halogens is 1. The Hall–Kier alpha value is -2.96. The van der Waals surface area contributed by atoms with Crippen LogP contribution < -0.4 is 10.3 Å². The summed E-state index contributed by atoms with van der Waals surface area (Å²) in [7, 11) is 1.63. The molecule has 5 aromatic rings. The lowest BCUT2D eigenvalue weighted by molar-refractivity contribution is 0.415. The fourth-order valence-corrected chi connectivity index (χ4v) is 4.45. The summed E-state index contributed by atoms with van der Waals surface area (Å²) in [5.74, 6) is 0.768. The molecule has 0 N–H and O–H groups in total. The van der Waals surface area contributed by atoms with Crippen LogP contribution in [0.2, 0.25) is 5.02 Å². The summed E-state index contributed by atoms with van der Waals surface area (Å²) in [6.07, 6.45) is 1.60. The quantitative estimate of drug-likeness (QED) is 0.382. The Balaban J connectivity index is 1.84. The number of fused-ring (bicyclic) bond motifs is 4. The molecule has 0 amide bonds. The van der Waals surface area contributed by atoms with Crippen LogP contribution in [0.5, 0.6) is 5.75 Å². The largest absolute Gasteiger partial charge is 0.497 e. The predicted octanol–water partition coefficient (Wildman–Crippen LogP) is 5.09. The molecular weight excluding hydrogens is 394 g/mol. The molecule has 2 aromatic carbocycles. The molecule has 0 aliphatic carbocycles. The molecule has 3 heterocycles. The summed E-state index contributed by atoms with van der Waals surface area (Å²) >= 11 is 7.66. The molecule has 0 aliphatic heterocycles. The standard InChI is InChI=1S/C21H14ClN3O2S/c1-11-16(22)8-7-14-18(11)23-9-15-19(14)24-21-25(20(15)26)17(10-28-21)12-3-5-13(27-2)6-4-12/h3-10H,1-2H3. The molecule has 0 spiro atoms. The second-order valence-corrected chi connectivity index (χ2v) is 7.72. The Morgan fingerprint density at radius 2 is 1.86 bits per heavy atom. The molecule has 3 aromatic heterocycles. The Kier molecular flexibility index (Phi) is 3.86. The molecule has 0 saturated carbocycles. The van der Waals surface area contributed by atoms with E-state index in [-0.39, 0.29) is 5.56 Å². The number of pyridine rings is 1. The van der Waals surface area contributed by atoms with E-state index in [0.29, 0.717) is 20.9 Å². The van der Waals surface area contributed by atoms with Crippen molar-refractivity contribution in [3.63, 3.8) is 0 Å². The second-order valence-electron chi connectivity index (χ2n) is 6.47. The van der Waals surface area contributed by atoms with E-state index in [9.17, 15) is 4.79 Å². The molecule has 7 heteroatoms. The average molecular weight is 408 g/mol. The molecule has 0 aliphatic rings. The van der Waals surface area contributed by atoms with E-state index in [4.69, 9.17) is 21.3 Å². The summed E-state index contributed by atoms with van der Waals surface area (Å²) in [4.78, 5) is 23.2. The van der Waals surface area contributed by atoms with E-state index in [0.717, 1.165) is 33.5 Å². The third-order valence-electron chi connectivity index (χ3n) is 4.93. The lowest BCUT2D eigenvalue weighted by atomic mass is 10.1. The van der Waals surface area contributed by atoms with Crippen molar-refractivity contribution in [3.8, 4) is 17.0 Å². The minimum Gasteiger partial charge on any atom is -0.497 e. The van der Waals surface area contributed by atoms with Gasteiger partial charge in [0.2, 0.25) is 0 Å². The maximum Gasteiger partial charge on any atom is 0.268 e. The molecule has 28 heavy (non-hydrogen) atoms. The van der Waals surface area contributed by atoms with Crippen LogP contribution in [0, 0.1) is 6.92 Å². The van der Waals surface area contributed by atoms with E-state index < -0.39 is 0 Å². The summed E-state index contributed by atoms with van der Waals surface area (Å²) in [6, 6.07) is 11.3. The smallest absolute Gasteiger partial charge is 0.268 e. The first-order valence-electron chi connectivity index (χ1n) is 8.60. The lowest BCUT2D eigenvalue weighted by Crippen LogP contribution is -2.15. The molecule has 5 rings (SSSR count). The van der Waals surface area contributed by atoms with Crippen LogP contribution in [-0.4, -0.2) is 21.5 Å². The van der Waals surface area contributed by atoms with Crippen LogP contribution in [0.25, 0.3) is 38.0 Å². The molecule has 0 fully saturated rings. The lowest BCUT2D eigenvalue weighted by Gasteiger charge is -2.08. The Morgan fingerprint density at radius 1 is 1.07 bits per heavy atom. The van der Waals surface area contributed by atoms with Gasteiger partial charge in [0.15, 0.2) is 4.96 Å². The van der Waals surface area contributed by atoms with Gasteiger partial charge in [-0.05, 0) is 54.4 Å². The van der Waals surface area contributed by atoms with Crippen molar-refractivity contribution in [2.24, 2.45) is 0 Å². The van der Waals surface area contributed by atoms with Crippen LogP contribution >= 0.6 is 22.9 Å². The Morgan fingerprint density at radius 3 is 2.61 bits per heavy atom. The number of rotatable bonds is 2. The van der Waals surface area contributed by atoms with Gasteiger partial charge in [0.25, 0.3) is 5.56 Å². The SMILES string of the molecule is COc1ccc(-c2csc3nc4c(cnc5c(C)c(Cl)ccc54)c(=O)n23)cc1. The van der Waals surface area contributed by atoms with Gasteiger partial charge in [-0.1, -0.05) is 11.6 Å².